The van der Waals surface area contributed by atoms with Gasteiger partial charge in [-0.2, -0.15) is 11.8 Å². The first-order valence-electron chi connectivity index (χ1n) is 6.78. The van der Waals surface area contributed by atoms with Gasteiger partial charge in [0, 0.05) is 31.5 Å². The Labute approximate surface area is 117 Å². The maximum Gasteiger partial charge on any atom is 0.272 e. The van der Waals surface area contributed by atoms with Gasteiger partial charge in [-0.1, -0.05) is 13.3 Å². The van der Waals surface area contributed by atoms with E-state index in [-0.39, 0.29) is 11.5 Å². The van der Waals surface area contributed by atoms with E-state index in [0.29, 0.717) is 10.9 Å². The van der Waals surface area contributed by atoms with E-state index in [1.807, 2.05) is 16.7 Å². The zero-order valence-electron chi connectivity index (χ0n) is 11.5. The lowest BCUT2D eigenvalue weighted by Gasteiger charge is -2.24. The van der Waals surface area contributed by atoms with Gasteiger partial charge in [0.25, 0.3) is 11.5 Å². The van der Waals surface area contributed by atoms with E-state index in [4.69, 9.17) is 0 Å². The summed E-state index contributed by atoms with van der Waals surface area (Å²) in [4.78, 5) is 25.6. The first-order valence-corrected chi connectivity index (χ1v) is 7.83. The summed E-state index contributed by atoms with van der Waals surface area (Å²) in [6, 6.07) is 1.38. The zero-order chi connectivity index (χ0) is 13.8. The summed E-state index contributed by atoms with van der Waals surface area (Å²) in [5.41, 5.74) is 0.229. The van der Waals surface area contributed by atoms with Crippen LogP contribution in [0.15, 0.2) is 10.9 Å². The standard InChI is InChI=1S/C13H21N3O2S/c1-3-19-10-6-4-5-7-16(9-10)13(18)11-8-12(17)14-15(11)2/h8,10H,3-7,9H2,1-2H3,(H,14,17). The number of carbonyl (C=O) groups is 1. The first-order chi connectivity index (χ1) is 9.11. The number of H-pyrrole nitrogens is 1. The van der Waals surface area contributed by atoms with Crippen molar-refractivity contribution in [1.29, 1.82) is 0 Å². The molecule has 1 unspecified atom stereocenters. The molecule has 5 nitrogen and oxygen atoms in total. The average Bonchev–Trinajstić information content (AvgIpc) is 2.59. The van der Waals surface area contributed by atoms with Crippen LogP contribution < -0.4 is 5.56 Å². The first kappa shape index (κ1) is 14.2. The molecule has 1 saturated heterocycles. The van der Waals surface area contributed by atoms with Crippen molar-refractivity contribution in [2.45, 2.75) is 31.4 Å². The lowest BCUT2D eigenvalue weighted by atomic mass is 10.2. The van der Waals surface area contributed by atoms with Crippen molar-refractivity contribution in [2.24, 2.45) is 7.05 Å². The molecule has 0 aromatic carbocycles. The van der Waals surface area contributed by atoms with Crippen LogP contribution in [0.25, 0.3) is 0 Å². The van der Waals surface area contributed by atoms with Gasteiger partial charge >= 0.3 is 0 Å². The number of carbonyl (C=O) groups excluding carboxylic acids is 1. The number of aromatic nitrogens is 2. The molecule has 1 amide bonds. The summed E-state index contributed by atoms with van der Waals surface area (Å²) < 4.78 is 1.51. The minimum Gasteiger partial charge on any atom is -0.336 e. The molecule has 2 rings (SSSR count). The van der Waals surface area contributed by atoms with E-state index < -0.39 is 0 Å². The molecule has 1 aromatic rings. The van der Waals surface area contributed by atoms with Crippen molar-refractivity contribution in [3.05, 3.63) is 22.1 Å². The molecule has 0 spiro atoms. The lowest BCUT2D eigenvalue weighted by Crippen LogP contribution is -2.36. The third-order valence-electron chi connectivity index (χ3n) is 3.44. The van der Waals surface area contributed by atoms with Crippen molar-refractivity contribution in [3.8, 4) is 0 Å². The Morgan fingerprint density at radius 2 is 2.32 bits per heavy atom. The van der Waals surface area contributed by atoms with E-state index in [9.17, 15) is 9.59 Å². The second-order valence-electron chi connectivity index (χ2n) is 4.89. The predicted octanol–water partition coefficient (Wildman–Crippen LogP) is 1.46. The summed E-state index contributed by atoms with van der Waals surface area (Å²) in [5.74, 6) is 1.04. The highest BCUT2D eigenvalue weighted by Gasteiger charge is 2.24. The number of nitrogens with one attached hydrogen (secondary N) is 1. The Bertz CT molecular complexity index is 494. The molecule has 6 heteroatoms. The maximum atomic E-state index is 12.5. The number of hydrogen-bond acceptors (Lipinski definition) is 3. The highest BCUT2D eigenvalue weighted by atomic mass is 32.2. The molecule has 1 aliphatic rings. The fraction of sp³-hybridized carbons (Fsp3) is 0.692. The highest BCUT2D eigenvalue weighted by molar-refractivity contribution is 7.99. The second-order valence-corrected chi connectivity index (χ2v) is 6.47. The van der Waals surface area contributed by atoms with Crippen LogP contribution >= 0.6 is 11.8 Å². The van der Waals surface area contributed by atoms with Crippen molar-refractivity contribution in [2.75, 3.05) is 18.8 Å². The smallest absolute Gasteiger partial charge is 0.272 e. The molecule has 1 aromatic heterocycles. The number of aryl methyl sites for hydroxylation is 1. The average molecular weight is 283 g/mol. The van der Waals surface area contributed by atoms with Gasteiger partial charge in [0.2, 0.25) is 0 Å². The molecule has 106 valence electrons. The number of likely N-dealkylation sites (tertiary alicyclic amines) is 1. The van der Waals surface area contributed by atoms with E-state index in [1.54, 1.807) is 7.05 Å². The Kier molecular flexibility index (Phi) is 4.74. The van der Waals surface area contributed by atoms with Crippen LogP contribution in [0.4, 0.5) is 0 Å². The summed E-state index contributed by atoms with van der Waals surface area (Å²) in [7, 11) is 1.70. The molecule has 0 bridgehead atoms. The van der Waals surface area contributed by atoms with Gasteiger partial charge in [0.1, 0.15) is 5.69 Å². The number of thioether (sulfide) groups is 1. The van der Waals surface area contributed by atoms with Gasteiger partial charge in [-0.25, -0.2) is 0 Å². The zero-order valence-corrected chi connectivity index (χ0v) is 12.3. The molecule has 0 saturated carbocycles. The van der Waals surface area contributed by atoms with Gasteiger partial charge in [0.05, 0.1) is 0 Å². The molecule has 1 N–H and O–H groups in total. The molecule has 2 heterocycles. The molecule has 1 fully saturated rings. The van der Waals surface area contributed by atoms with Crippen LogP contribution in [-0.2, 0) is 7.05 Å². The number of hydrogen-bond donors (Lipinski definition) is 1. The molecule has 0 aliphatic carbocycles. The van der Waals surface area contributed by atoms with Crippen molar-refractivity contribution < 1.29 is 4.79 Å². The summed E-state index contributed by atoms with van der Waals surface area (Å²) in [6.45, 7) is 3.73. The number of rotatable bonds is 3. The summed E-state index contributed by atoms with van der Waals surface area (Å²) in [6.07, 6.45) is 3.40. The monoisotopic (exact) mass is 283 g/mol. The van der Waals surface area contributed by atoms with Crippen LogP contribution in [0.5, 0.6) is 0 Å². The summed E-state index contributed by atoms with van der Waals surface area (Å²) >= 11 is 1.92. The molecular formula is C13H21N3O2S. The third kappa shape index (κ3) is 3.43. The Morgan fingerprint density at radius 1 is 1.53 bits per heavy atom. The van der Waals surface area contributed by atoms with Crippen LogP contribution in [0.2, 0.25) is 0 Å². The molecule has 0 radical (unpaired) electrons. The van der Waals surface area contributed by atoms with Crippen molar-refractivity contribution >= 4 is 17.7 Å². The van der Waals surface area contributed by atoms with Gasteiger partial charge in [-0.15, -0.1) is 0 Å². The fourth-order valence-electron chi connectivity index (χ4n) is 2.51. The lowest BCUT2D eigenvalue weighted by molar-refractivity contribution is 0.0752. The molecule has 1 aliphatic heterocycles. The van der Waals surface area contributed by atoms with Gasteiger partial charge < -0.3 is 4.90 Å². The quantitative estimate of drug-likeness (QED) is 0.913. The topological polar surface area (TPSA) is 58.1 Å². The summed E-state index contributed by atoms with van der Waals surface area (Å²) in [5, 5.41) is 3.11. The fourth-order valence-corrected chi connectivity index (χ4v) is 3.60. The van der Waals surface area contributed by atoms with Crippen LogP contribution in [0, 0.1) is 0 Å². The predicted molar refractivity (Wildman–Crippen MR) is 77.7 cm³/mol. The second kappa shape index (κ2) is 6.32. The number of aromatic amines is 1. The van der Waals surface area contributed by atoms with E-state index >= 15 is 0 Å². The Hall–Kier alpha value is -1.17. The van der Waals surface area contributed by atoms with Gasteiger partial charge in [-0.05, 0) is 18.6 Å². The molecule has 19 heavy (non-hydrogen) atoms. The third-order valence-corrected chi connectivity index (χ3v) is 4.63. The minimum atomic E-state index is -0.222. The highest BCUT2D eigenvalue weighted by Crippen LogP contribution is 2.22. The SMILES string of the molecule is CCSC1CCCCN(C(=O)c2cc(=O)[nH]n2C)C1. The van der Waals surface area contributed by atoms with E-state index in [2.05, 4.69) is 12.0 Å². The van der Waals surface area contributed by atoms with Crippen molar-refractivity contribution in [1.82, 2.24) is 14.7 Å². The Morgan fingerprint density at radius 3 is 2.95 bits per heavy atom. The molecule has 1 atom stereocenters. The molecular weight excluding hydrogens is 262 g/mol. The largest absolute Gasteiger partial charge is 0.336 e. The van der Waals surface area contributed by atoms with Crippen LogP contribution in [-0.4, -0.2) is 44.7 Å². The van der Waals surface area contributed by atoms with Gasteiger partial charge in [-0.3, -0.25) is 19.4 Å². The van der Waals surface area contributed by atoms with Crippen LogP contribution in [0.3, 0.4) is 0 Å². The minimum absolute atomic E-state index is 0.0375. The normalized spacial score (nSPS) is 20.3. The Balaban J connectivity index is 2.12. The number of amides is 1. The number of nitrogens with zero attached hydrogens (tertiary/aromatic N) is 2. The van der Waals surface area contributed by atoms with Gasteiger partial charge in [0.15, 0.2) is 0 Å². The van der Waals surface area contributed by atoms with Crippen LogP contribution in [0.1, 0.15) is 36.7 Å². The maximum absolute atomic E-state index is 12.5. The van der Waals surface area contributed by atoms with E-state index in [0.717, 1.165) is 25.3 Å². The van der Waals surface area contributed by atoms with E-state index in [1.165, 1.54) is 23.6 Å². The van der Waals surface area contributed by atoms with Crippen molar-refractivity contribution in [3.63, 3.8) is 0 Å².